The van der Waals surface area contributed by atoms with Crippen LogP contribution in [0, 0.1) is 0 Å². The zero-order chi connectivity index (χ0) is 11.4. The Hall–Kier alpha value is -1.09. The quantitative estimate of drug-likeness (QED) is 0.783. The van der Waals surface area contributed by atoms with Crippen molar-refractivity contribution in [1.29, 1.82) is 0 Å². The topological polar surface area (TPSA) is 33.5 Å². The number of hydrogen-bond donors (Lipinski definition) is 0. The summed E-state index contributed by atoms with van der Waals surface area (Å²) in [4.78, 5) is 13.8. The van der Waals surface area contributed by atoms with E-state index in [4.69, 9.17) is 4.42 Å². The van der Waals surface area contributed by atoms with E-state index in [2.05, 4.69) is 11.8 Å². The van der Waals surface area contributed by atoms with Gasteiger partial charge in [-0.15, -0.1) is 0 Å². The van der Waals surface area contributed by atoms with E-state index in [9.17, 15) is 4.79 Å². The highest BCUT2D eigenvalue weighted by Gasteiger charge is 2.24. The van der Waals surface area contributed by atoms with Gasteiger partial charge in [0.2, 0.25) is 0 Å². The monoisotopic (exact) mass is 221 g/mol. The van der Waals surface area contributed by atoms with Gasteiger partial charge in [0.25, 0.3) is 0 Å². The Labute approximate surface area is 96.4 Å². The average molecular weight is 221 g/mol. The molecule has 1 aliphatic rings. The second-order valence-electron chi connectivity index (χ2n) is 4.43. The van der Waals surface area contributed by atoms with Crippen molar-refractivity contribution in [3.63, 3.8) is 0 Å². The molecule has 1 saturated carbocycles. The molecule has 0 spiro atoms. The molecular weight excluding hydrogens is 202 g/mol. The summed E-state index contributed by atoms with van der Waals surface area (Å²) in [6.45, 7) is 3.93. The summed E-state index contributed by atoms with van der Waals surface area (Å²) in [6.07, 6.45) is 5.37. The standard InChI is InChI=1S/C13H19NO2/c1-2-14(10-13-7-4-8-16-13)11-5-3-6-12(15)9-11/h4,7-8,11H,2-3,5-6,9-10H2,1H3. The maximum absolute atomic E-state index is 11.4. The van der Waals surface area contributed by atoms with Gasteiger partial charge in [0.1, 0.15) is 11.5 Å². The molecule has 0 bridgehead atoms. The van der Waals surface area contributed by atoms with Crippen LogP contribution in [0.25, 0.3) is 0 Å². The summed E-state index contributed by atoms with van der Waals surface area (Å²) < 4.78 is 5.36. The zero-order valence-corrected chi connectivity index (χ0v) is 9.82. The normalized spacial score (nSPS) is 21.6. The fourth-order valence-electron chi connectivity index (χ4n) is 2.42. The van der Waals surface area contributed by atoms with Crippen LogP contribution in [-0.4, -0.2) is 23.3 Å². The number of carbonyl (C=O) groups excluding carboxylic acids is 1. The molecule has 3 nitrogen and oxygen atoms in total. The number of carbonyl (C=O) groups is 1. The Kier molecular flexibility index (Phi) is 3.78. The van der Waals surface area contributed by atoms with Crippen molar-refractivity contribution >= 4 is 5.78 Å². The molecule has 1 fully saturated rings. The van der Waals surface area contributed by atoms with Crippen LogP contribution >= 0.6 is 0 Å². The highest BCUT2D eigenvalue weighted by molar-refractivity contribution is 5.79. The second-order valence-corrected chi connectivity index (χ2v) is 4.43. The van der Waals surface area contributed by atoms with Crippen LogP contribution in [0.15, 0.2) is 22.8 Å². The van der Waals surface area contributed by atoms with Gasteiger partial charge in [-0.3, -0.25) is 9.69 Å². The number of Topliss-reactive ketones (excluding diaryl/α,β-unsaturated/α-hetero) is 1. The molecule has 0 aromatic carbocycles. The zero-order valence-electron chi connectivity index (χ0n) is 9.82. The lowest BCUT2D eigenvalue weighted by molar-refractivity contribution is -0.122. The molecule has 1 aromatic rings. The van der Waals surface area contributed by atoms with E-state index in [-0.39, 0.29) is 0 Å². The third kappa shape index (κ3) is 2.73. The fraction of sp³-hybridized carbons (Fsp3) is 0.615. The molecule has 0 amide bonds. The molecular formula is C13H19NO2. The van der Waals surface area contributed by atoms with Crippen LogP contribution in [0.2, 0.25) is 0 Å². The third-order valence-corrected chi connectivity index (χ3v) is 3.32. The Morgan fingerprint density at radius 3 is 3.06 bits per heavy atom. The van der Waals surface area contributed by atoms with Crippen molar-refractivity contribution in [1.82, 2.24) is 4.90 Å². The van der Waals surface area contributed by atoms with Gasteiger partial charge >= 0.3 is 0 Å². The van der Waals surface area contributed by atoms with Gasteiger partial charge in [-0.05, 0) is 31.5 Å². The van der Waals surface area contributed by atoms with Gasteiger partial charge in [-0.2, -0.15) is 0 Å². The van der Waals surface area contributed by atoms with Gasteiger partial charge in [0.05, 0.1) is 12.8 Å². The summed E-state index contributed by atoms with van der Waals surface area (Å²) in [6, 6.07) is 4.32. The molecule has 1 heterocycles. The number of rotatable bonds is 4. The molecule has 3 heteroatoms. The van der Waals surface area contributed by atoms with Crippen molar-refractivity contribution in [3.05, 3.63) is 24.2 Å². The molecule has 1 unspecified atom stereocenters. The van der Waals surface area contributed by atoms with Crippen LogP contribution < -0.4 is 0 Å². The first-order valence-electron chi connectivity index (χ1n) is 6.07. The molecule has 1 atom stereocenters. The van der Waals surface area contributed by atoms with Crippen molar-refractivity contribution in [3.8, 4) is 0 Å². The van der Waals surface area contributed by atoms with Gasteiger partial charge in [-0.1, -0.05) is 6.92 Å². The van der Waals surface area contributed by atoms with E-state index in [1.807, 2.05) is 12.1 Å². The van der Waals surface area contributed by atoms with E-state index < -0.39 is 0 Å². The predicted octanol–water partition coefficient (Wildman–Crippen LogP) is 2.61. The minimum absolute atomic E-state index is 0.411. The van der Waals surface area contributed by atoms with Gasteiger partial charge in [-0.25, -0.2) is 0 Å². The summed E-state index contributed by atoms with van der Waals surface area (Å²) >= 11 is 0. The molecule has 16 heavy (non-hydrogen) atoms. The Morgan fingerprint density at radius 2 is 2.44 bits per heavy atom. The molecule has 0 saturated heterocycles. The van der Waals surface area contributed by atoms with E-state index >= 15 is 0 Å². The summed E-state index contributed by atoms with van der Waals surface area (Å²) in [5.41, 5.74) is 0. The lowest BCUT2D eigenvalue weighted by Crippen LogP contribution is -2.38. The first-order chi connectivity index (χ1) is 7.79. The minimum atomic E-state index is 0.411. The summed E-state index contributed by atoms with van der Waals surface area (Å²) in [7, 11) is 0. The molecule has 88 valence electrons. The maximum atomic E-state index is 11.4. The fourth-order valence-corrected chi connectivity index (χ4v) is 2.42. The third-order valence-electron chi connectivity index (χ3n) is 3.32. The van der Waals surface area contributed by atoms with Gasteiger partial charge in [0.15, 0.2) is 0 Å². The van der Waals surface area contributed by atoms with Crippen molar-refractivity contribution in [2.45, 2.75) is 45.2 Å². The number of hydrogen-bond acceptors (Lipinski definition) is 3. The van der Waals surface area contributed by atoms with Crippen molar-refractivity contribution < 1.29 is 9.21 Å². The molecule has 1 aromatic heterocycles. The molecule has 1 aliphatic carbocycles. The number of nitrogens with zero attached hydrogens (tertiary/aromatic N) is 1. The first kappa shape index (κ1) is 11.4. The van der Waals surface area contributed by atoms with Crippen LogP contribution in [-0.2, 0) is 11.3 Å². The molecule has 2 rings (SSSR count). The largest absolute Gasteiger partial charge is 0.468 e. The van der Waals surface area contributed by atoms with Gasteiger partial charge in [0, 0.05) is 18.9 Å². The van der Waals surface area contributed by atoms with E-state index in [1.165, 1.54) is 0 Å². The van der Waals surface area contributed by atoms with E-state index in [1.54, 1.807) is 6.26 Å². The highest BCUT2D eigenvalue weighted by Crippen LogP contribution is 2.21. The van der Waals surface area contributed by atoms with E-state index in [0.29, 0.717) is 18.2 Å². The lowest BCUT2D eigenvalue weighted by atomic mass is 9.93. The lowest BCUT2D eigenvalue weighted by Gasteiger charge is -2.32. The molecule has 0 radical (unpaired) electrons. The van der Waals surface area contributed by atoms with Crippen molar-refractivity contribution in [2.24, 2.45) is 0 Å². The van der Waals surface area contributed by atoms with Crippen molar-refractivity contribution in [2.75, 3.05) is 6.54 Å². The summed E-state index contributed by atoms with van der Waals surface area (Å²) in [5, 5.41) is 0. The minimum Gasteiger partial charge on any atom is -0.468 e. The Morgan fingerprint density at radius 1 is 1.56 bits per heavy atom. The smallest absolute Gasteiger partial charge is 0.134 e. The second kappa shape index (κ2) is 5.30. The van der Waals surface area contributed by atoms with Crippen LogP contribution in [0.5, 0.6) is 0 Å². The van der Waals surface area contributed by atoms with Crippen LogP contribution in [0.4, 0.5) is 0 Å². The highest BCUT2D eigenvalue weighted by atomic mass is 16.3. The maximum Gasteiger partial charge on any atom is 0.134 e. The summed E-state index contributed by atoms with van der Waals surface area (Å²) in [5.74, 6) is 1.40. The number of ketones is 1. The Bertz CT molecular complexity index is 332. The van der Waals surface area contributed by atoms with E-state index in [0.717, 1.165) is 38.1 Å². The van der Waals surface area contributed by atoms with Crippen LogP contribution in [0.1, 0.15) is 38.4 Å². The predicted molar refractivity (Wildman–Crippen MR) is 62.1 cm³/mol. The first-order valence-corrected chi connectivity index (χ1v) is 6.07. The SMILES string of the molecule is CCN(Cc1ccco1)C1CCCC(=O)C1. The van der Waals surface area contributed by atoms with Gasteiger partial charge < -0.3 is 4.42 Å². The van der Waals surface area contributed by atoms with Crippen LogP contribution in [0.3, 0.4) is 0 Å². The average Bonchev–Trinajstić information content (AvgIpc) is 2.78. The molecule has 0 N–H and O–H groups in total. The molecule has 0 aliphatic heterocycles. The number of furan rings is 1. The Balaban J connectivity index is 1.96.